The molecule has 0 saturated heterocycles. The first-order chi connectivity index (χ1) is 10.1. The Labute approximate surface area is 135 Å². The van der Waals surface area contributed by atoms with Crippen LogP contribution in [0, 0.1) is 29.6 Å². The molecule has 0 aromatic heterocycles. The molecule has 0 amide bonds. The molecule has 0 radical (unpaired) electrons. The van der Waals surface area contributed by atoms with E-state index in [1.54, 1.807) is 0 Å². The molecule has 6 unspecified atom stereocenters. The maximum absolute atomic E-state index is 12.3. The Balaban J connectivity index is 1.99. The summed E-state index contributed by atoms with van der Waals surface area (Å²) >= 11 is 0. The van der Waals surface area contributed by atoms with Crippen LogP contribution in [0.2, 0.25) is 0 Å². The van der Waals surface area contributed by atoms with Crippen LogP contribution in [0.1, 0.15) is 73.6 Å². The zero-order valence-electron chi connectivity index (χ0n) is 15.2. The van der Waals surface area contributed by atoms with Gasteiger partial charge in [-0.05, 0) is 69.1 Å². The molecule has 2 bridgehead atoms. The van der Waals surface area contributed by atoms with Gasteiger partial charge in [0.1, 0.15) is 5.60 Å². The summed E-state index contributed by atoms with van der Waals surface area (Å²) in [5.74, 6) is 2.69. The predicted octanol–water partition coefficient (Wildman–Crippen LogP) is 4.18. The van der Waals surface area contributed by atoms with Crippen molar-refractivity contribution in [3.8, 4) is 0 Å². The van der Waals surface area contributed by atoms with Crippen LogP contribution in [0.5, 0.6) is 0 Å². The molecule has 3 heteroatoms. The van der Waals surface area contributed by atoms with E-state index in [0.29, 0.717) is 11.8 Å². The molecule has 2 aliphatic rings. The lowest BCUT2D eigenvalue weighted by atomic mass is 9.68. The third-order valence-corrected chi connectivity index (χ3v) is 7.05. The molecule has 2 rings (SSSR count). The summed E-state index contributed by atoms with van der Waals surface area (Å²) in [6.45, 7) is 12.5. The molecule has 0 aromatic rings. The van der Waals surface area contributed by atoms with Gasteiger partial charge in [-0.25, -0.2) is 0 Å². The lowest BCUT2D eigenvalue weighted by Gasteiger charge is -2.40. The zero-order chi connectivity index (χ0) is 16.7. The van der Waals surface area contributed by atoms with E-state index in [4.69, 9.17) is 4.74 Å². The van der Waals surface area contributed by atoms with Gasteiger partial charge in [-0.3, -0.25) is 4.79 Å². The molecular formula is C19H34O3. The Morgan fingerprint density at radius 2 is 1.73 bits per heavy atom. The van der Waals surface area contributed by atoms with E-state index in [9.17, 15) is 9.90 Å². The minimum absolute atomic E-state index is 0.123. The van der Waals surface area contributed by atoms with Crippen molar-refractivity contribution in [1.82, 2.24) is 0 Å². The van der Waals surface area contributed by atoms with Crippen LogP contribution in [0.4, 0.5) is 0 Å². The molecule has 1 N–H and O–H groups in total. The van der Waals surface area contributed by atoms with Gasteiger partial charge in [0.2, 0.25) is 0 Å². The maximum atomic E-state index is 12.3. The monoisotopic (exact) mass is 310 g/mol. The summed E-state index contributed by atoms with van der Waals surface area (Å²) in [7, 11) is 0. The summed E-state index contributed by atoms with van der Waals surface area (Å²) in [4.78, 5) is 12.3. The highest BCUT2D eigenvalue weighted by Crippen LogP contribution is 2.58. The fourth-order valence-electron chi connectivity index (χ4n) is 4.78. The number of carbonyl (C=O) groups is 1. The van der Waals surface area contributed by atoms with Crippen LogP contribution >= 0.6 is 0 Å². The molecule has 22 heavy (non-hydrogen) atoms. The Morgan fingerprint density at radius 3 is 2.18 bits per heavy atom. The first-order valence-corrected chi connectivity index (χ1v) is 9.07. The number of ether oxygens (including phenoxy) is 1. The Bertz CT molecular complexity index is 409. The van der Waals surface area contributed by atoms with Crippen LogP contribution in [0.25, 0.3) is 0 Å². The molecule has 128 valence electrons. The molecule has 0 aromatic carbocycles. The second-order valence-electron chi connectivity index (χ2n) is 8.39. The van der Waals surface area contributed by atoms with Gasteiger partial charge in [-0.1, -0.05) is 27.7 Å². The van der Waals surface area contributed by atoms with E-state index in [2.05, 4.69) is 13.8 Å². The van der Waals surface area contributed by atoms with Crippen molar-refractivity contribution in [2.45, 2.75) is 84.8 Å². The SMILES string of the molecule is CCC(C)(CC)OC(=O)CC(C)(O)C1CC2CC1C(C)C2C. The third-order valence-electron chi connectivity index (χ3n) is 7.05. The van der Waals surface area contributed by atoms with Gasteiger partial charge in [0, 0.05) is 0 Å². The predicted molar refractivity (Wildman–Crippen MR) is 88.4 cm³/mol. The van der Waals surface area contributed by atoms with Crippen molar-refractivity contribution in [2.24, 2.45) is 29.6 Å². The van der Waals surface area contributed by atoms with Crippen molar-refractivity contribution in [1.29, 1.82) is 0 Å². The van der Waals surface area contributed by atoms with E-state index in [-0.39, 0.29) is 18.3 Å². The highest BCUT2D eigenvalue weighted by atomic mass is 16.6. The summed E-state index contributed by atoms with van der Waals surface area (Å²) in [5.41, 5.74) is -1.34. The largest absolute Gasteiger partial charge is 0.459 e. The Hall–Kier alpha value is -0.570. The van der Waals surface area contributed by atoms with Crippen LogP contribution < -0.4 is 0 Å². The Morgan fingerprint density at radius 1 is 1.14 bits per heavy atom. The molecule has 2 saturated carbocycles. The number of aliphatic hydroxyl groups is 1. The van der Waals surface area contributed by atoms with Gasteiger partial charge in [-0.15, -0.1) is 0 Å². The lowest BCUT2D eigenvalue weighted by molar-refractivity contribution is -0.167. The molecule has 2 fully saturated rings. The highest BCUT2D eigenvalue weighted by Gasteiger charge is 2.54. The first kappa shape index (κ1) is 17.8. The molecule has 3 nitrogen and oxygen atoms in total. The van der Waals surface area contributed by atoms with E-state index >= 15 is 0 Å². The number of fused-ring (bicyclic) bond motifs is 2. The summed E-state index contributed by atoms with van der Waals surface area (Å²) in [5, 5.41) is 11.0. The lowest BCUT2D eigenvalue weighted by Crippen LogP contribution is -2.44. The zero-order valence-corrected chi connectivity index (χ0v) is 15.2. The third kappa shape index (κ3) is 3.20. The minimum atomic E-state index is -0.937. The average Bonchev–Trinajstić information content (AvgIpc) is 2.99. The topological polar surface area (TPSA) is 46.5 Å². The van der Waals surface area contributed by atoms with Crippen LogP contribution in [-0.4, -0.2) is 22.3 Å². The molecule has 6 atom stereocenters. The van der Waals surface area contributed by atoms with Gasteiger partial charge in [-0.2, -0.15) is 0 Å². The van der Waals surface area contributed by atoms with Crippen molar-refractivity contribution < 1.29 is 14.6 Å². The first-order valence-electron chi connectivity index (χ1n) is 9.07. The van der Waals surface area contributed by atoms with E-state index < -0.39 is 11.2 Å². The average molecular weight is 310 g/mol. The van der Waals surface area contributed by atoms with Gasteiger partial charge in [0.05, 0.1) is 12.0 Å². The standard InChI is InChI=1S/C19H34O3/c1-7-18(5,8-2)22-17(20)11-19(6,21)16-10-14-9-15(16)13(4)12(14)3/h12-16,21H,7-11H2,1-6H3. The van der Waals surface area contributed by atoms with Gasteiger partial charge in [0.15, 0.2) is 0 Å². The molecule has 0 heterocycles. The van der Waals surface area contributed by atoms with E-state index in [0.717, 1.165) is 31.1 Å². The van der Waals surface area contributed by atoms with Crippen molar-refractivity contribution in [2.75, 3.05) is 0 Å². The fraction of sp³-hybridized carbons (Fsp3) is 0.947. The molecular weight excluding hydrogens is 276 g/mol. The normalized spacial score (nSPS) is 37.1. The smallest absolute Gasteiger partial charge is 0.309 e. The Kier molecular flexibility index (Phi) is 4.97. The number of rotatable bonds is 6. The summed E-state index contributed by atoms with van der Waals surface area (Å²) in [6.07, 6.45) is 4.02. The number of hydrogen-bond donors (Lipinski definition) is 1. The molecule has 0 aliphatic heterocycles. The van der Waals surface area contributed by atoms with Gasteiger partial charge >= 0.3 is 5.97 Å². The number of hydrogen-bond acceptors (Lipinski definition) is 3. The van der Waals surface area contributed by atoms with Crippen LogP contribution in [-0.2, 0) is 9.53 Å². The number of esters is 1. The highest BCUT2D eigenvalue weighted by molar-refractivity contribution is 5.71. The summed E-state index contributed by atoms with van der Waals surface area (Å²) < 4.78 is 5.66. The fourth-order valence-corrected chi connectivity index (χ4v) is 4.78. The van der Waals surface area contributed by atoms with Gasteiger partial charge < -0.3 is 9.84 Å². The van der Waals surface area contributed by atoms with E-state index in [1.165, 1.54) is 6.42 Å². The molecule has 0 spiro atoms. The van der Waals surface area contributed by atoms with Crippen LogP contribution in [0.15, 0.2) is 0 Å². The van der Waals surface area contributed by atoms with Crippen molar-refractivity contribution in [3.63, 3.8) is 0 Å². The second kappa shape index (κ2) is 6.14. The van der Waals surface area contributed by atoms with Crippen LogP contribution in [0.3, 0.4) is 0 Å². The van der Waals surface area contributed by atoms with Crippen molar-refractivity contribution >= 4 is 5.97 Å². The summed E-state index contributed by atoms with van der Waals surface area (Å²) in [6, 6.07) is 0. The maximum Gasteiger partial charge on any atom is 0.309 e. The van der Waals surface area contributed by atoms with E-state index in [1.807, 2.05) is 27.7 Å². The van der Waals surface area contributed by atoms with Crippen molar-refractivity contribution in [3.05, 3.63) is 0 Å². The molecule has 2 aliphatic carbocycles. The number of carbonyl (C=O) groups excluding carboxylic acids is 1. The second-order valence-corrected chi connectivity index (χ2v) is 8.39. The minimum Gasteiger partial charge on any atom is -0.459 e. The quantitative estimate of drug-likeness (QED) is 0.749. The van der Waals surface area contributed by atoms with Gasteiger partial charge in [0.25, 0.3) is 0 Å².